The number of nitrogens with zero attached hydrogens (tertiary/aromatic N) is 1. The lowest BCUT2D eigenvalue weighted by atomic mass is 10.1. The van der Waals surface area contributed by atoms with Gasteiger partial charge in [-0.3, -0.25) is 9.59 Å². The zero-order valence-corrected chi connectivity index (χ0v) is 10.2. The highest BCUT2D eigenvalue weighted by Gasteiger charge is 2.28. The molecule has 0 aliphatic carbocycles. The van der Waals surface area contributed by atoms with Crippen molar-refractivity contribution >= 4 is 23.6 Å². The van der Waals surface area contributed by atoms with E-state index in [1.807, 2.05) is 4.90 Å². The number of hydrogen-bond donors (Lipinski definition) is 1. The Morgan fingerprint density at radius 3 is 2.81 bits per heavy atom. The molecule has 90 valence electrons. The van der Waals surface area contributed by atoms with Crippen LogP contribution in [0.3, 0.4) is 0 Å². The molecule has 16 heavy (non-hydrogen) atoms. The summed E-state index contributed by atoms with van der Waals surface area (Å²) in [5.41, 5.74) is 0. The minimum absolute atomic E-state index is 0.0142. The van der Waals surface area contributed by atoms with Crippen LogP contribution < -0.4 is 5.32 Å². The lowest BCUT2D eigenvalue weighted by Crippen LogP contribution is -2.50. The van der Waals surface area contributed by atoms with Gasteiger partial charge in [-0.2, -0.15) is 11.8 Å². The third-order valence-corrected chi connectivity index (χ3v) is 4.12. The first kappa shape index (κ1) is 11.8. The summed E-state index contributed by atoms with van der Waals surface area (Å²) < 4.78 is 0. The number of carbonyl (C=O) groups is 2. The minimum Gasteiger partial charge on any atom is -0.343 e. The molecular formula is C11H18N2O2S. The van der Waals surface area contributed by atoms with Gasteiger partial charge < -0.3 is 10.2 Å². The summed E-state index contributed by atoms with van der Waals surface area (Å²) in [6, 6.07) is -0.293. The maximum Gasteiger partial charge on any atom is 0.246 e. The van der Waals surface area contributed by atoms with E-state index in [1.165, 1.54) is 6.42 Å². The standard InChI is InChI=1S/C11H18N2O2S/c14-10-4-7-16-8-9(12-10)11(15)13-5-2-1-3-6-13/h9H,1-8H2,(H,12,14)/t9-/m1/s1. The number of amides is 2. The average Bonchev–Trinajstić information content (AvgIpc) is 2.54. The van der Waals surface area contributed by atoms with Crippen molar-refractivity contribution in [1.29, 1.82) is 0 Å². The second kappa shape index (κ2) is 5.57. The quantitative estimate of drug-likeness (QED) is 0.733. The molecule has 0 aromatic rings. The second-order valence-corrected chi connectivity index (χ2v) is 5.48. The molecular weight excluding hydrogens is 224 g/mol. The second-order valence-electron chi connectivity index (χ2n) is 4.33. The van der Waals surface area contributed by atoms with E-state index in [9.17, 15) is 9.59 Å². The van der Waals surface area contributed by atoms with Crippen LogP contribution in [0.1, 0.15) is 25.7 Å². The molecule has 1 N–H and O–H groups in total. The van der Waals surface area contributed by atoms with Gasteiger partial charge in [-0.25, -0.2) is 0 Å². The normalized spacial score (nSPS) is 27.1. The van der Waals surface area contributed by atoms with E-state index in [0.29, 0.717) is 6.42 Å². The predicted octanol–water partition coefficient (Wildman–Crippen LogP) is 0.621. The number of likely N-dealkylation sites (tertiary alicyclic amines) is 1. The Morgan fingerprint density at radius 1 is 1.31 bits per heavy atom. The zero-order chi connectivity index (χ0) is 11.4. The fourth-order valence-electron chi connectivity index (χ4n) is 2.14. The Kier molecular flexibility index (Phi) is 4.09. The molecule has 2 saturated heterocycles. The fraction of sp³-hybridized carbons (Fsp3) is 0.818. The van der Waals surface area contributed by atoms with Crippen molar-refractivity contribution in [3.63, 3.8) is 0 Å². The van der Waals surface area contributed by atoms with Crippen LogP contribution in [0, 0.1) is 0 Å². The van der Waals surface area contributed by atoms with Crippen molar-refractivity contribution in [3.05, 3.63) is 0 Å². The van der Waals surface area contributed by atoms with E-state index in [4.69, 9.17) is 0 Å². The van der Waals surface area contributed by atoms with Crippen molar-refractivity contribution in [2.45, 2.75) is 31.7 Å². The number of piperidine rings is 1. The molecule has 2 rings (SSSR count). The Bertz CT molecular complexity index is 277. The number of hydrogen-bond acceptors (Lipinski definition) is 3. The molecule has 0 spiro atoms. The van der Waals surface area contributed by atoms with Crippen LogP contribution in [0.4, 0.5) is 0 Å². The van der Waals surface area contributed by atoms with Gasteiger partial charge in [0.25, 0.3) is 0 Å². The Hall–Kier alpha value is -0.710. The lowest BCUT2D eigenvalue weighted by Gasteiger charge is -2.30. The van der Waals surface area contributed by atoms with Gasteiger partial charge in [0.05, 0.1) is 0 Å². The third kappa shape index (κ3) is 2.90. The van der Waals surface area contributed by atoms with Gasteiger partial charge in [-0.05, 0) is 19.3 Å². The van der Waals surface area contributed by atoms with Crippen molar-refractivity contribution in [1.82, 2.24) is 10.2 Å². The molecule has 0 saturated carbocycles. The van der Waals surface area contributed by atoms with E-state index in [1.54, 1.807) is 11.8 Å². The molecule has 2 heterocycles. The molecule has 0 aromatic heterocycles. The Labute approximate surface area is 100 Å². The van der Waals surface area contributed by atoms with Crippen LogP contribution in [0.15, 0.2) is 0 Å². The van der Waals surface area contributed by atoms with E-state index in [0.717, 1.165) is 37.4 Å². The summed E-state index contributed by atoms with van der Waals surface area (Å²) in [7, 11) is 0. The summed E-state index contributed by atoms with van der Waals surface area (Å²) in [5, 5.41) is 2.82. The highest BCUT2D eigenvalue weighted by molar-refractivity contribution is 7.99. The maximum atomic E-state index is 12.1. The van der Waals surface area contributed by atoms with Gasteiger partial charge >= 0.3 is 0 Å². The fourth-order valence-corrected chi connectivity index (χ4v) is 3.10. The SMILES string of the molecule is O=C1CCSC[C@H](C(=O)N2CCCCC2)N1. The van der Waals surface area contributed by atoms with Crippen LogP contribution in [-0.2, 0) is 9.59 Å². The first-order valence-electron chi connectivity index (χ1n) is 5.93. The molecule has 2 fully saturated rings. The number of carbonyl (C=O) groups excluding carboxylic acids is 2. The van der Waals surface area contributed by atoms with Crippen LogP contribution in [0.25, 0.3) is 0 Å². The smallest absolute Gasteiger partial charge is 0.246 e. The minimum atomic E-state index is -0.293. The molecule has 0 unspecified atom stereocenters. The highest BCUT2D eigenvalue weighted by Crippen LogP contribution is 2.15. The van der Waals surface area contributed by atoms with Gasteiger partial charge in [0, 0.05) is 31.0 Å². The van der Waals surface area contributed by atoms with E-state index in [2.05, 4.69) is 5.32 Å². The van der Waals surface area contributed by atoms with Crippen LogP contribution in [-0.4, -0.2) is 47.4 Å². The first-order chi connectivity index (χ1) is 7.77. The lowest BCUT2D eigenvalue weighted by molar-refractivity contribution is -0.136. The van der Waals surface area contributed by atoms with E-state index >= 15 is 0 Å². The van der Waals surface area contributed by atoms with Gasteiger partial charge in [-0.15, -0.1) is 0 Å². The van der Waals surface area contributed by atoms with Crippen LogP contribution in [0.2, 0.25) is 0 Å². The van der Waals surface area contributed by atoms with Gasteiger partial charge in [0.1, 0.15) is 6.04 Å². The first-order valence-corrected chi connectivity index (χ1v) is 7.09. The maximum absolute atomic E-state index is 12.1. The summed E-state index contributed by atoms with van der Waals surface area (Å²) >= 11 is 1.69. The van der Waals surface area contributed by atoms with Crippen molar-refractivity contribution < 1.29 is 9.59 Å². The van der Waals surface area contributed by atoms with Gasteiger partial charge in [0.15, 0.2) is 0 Å². The summed E-state index contributed by atoms with van der Waals surface area (Å²) in [4.78, 5) is 25.4. The topological polar surface area (TPSA) is 49.4 Å². The molecule has 0 aromatic carbocycles. The van der Waals surface area contributed by atoms with E-state index < -0.39 is 0 Å². The van der Waals surface area contributed by atoms with E-state index in [-0.39, 0.29) is 17.9 Å². The monoisotopic (exact) mass is 242 g/mol. The zero-order valence-electron chi connectivity index (χ0n) is 9.41. The Balaban J connectivity index is 1.93. The number of nitrogens with one attached hydrogen (secondary N) is 1. The molecule has 2 aliphatic heterocycles. The molecule has 5 heteroatoms. The predicted molar refractivity (Wildman–Crippen MR) is 64.3 cm³/mol. The highest BCUT2D eigenvalue weighted by atomic mass is 32.2. The Morgan fingerprint density at radius 2 is 2.06 bits per heavy atom. The molecule has 2 amide bonds. The van der Waals surface area contributed by atoms with Crippen LogP contribution in [0.5, 0.6) is 0 Å². The van der Waals surface area contributed by atoms with Crippen LogP contribution >= 0.6 is 11.8 Å². The van der Waals surface area contributed by atoms with Crippen molar-refractivity contribution in [3.8, 4) is 0 Å². The van der Waals surface area contributed by atoms with Gasteiger partial charge in [0.2, 0.25) is 11.8 Å². The third-order valence-electron chi connectivity index (χ3n) is 3.06. The molecule has 0 bridgehead atoms. The summed E-state index contributed by atoms with van der Waals surface area (Å²) in [6.07, 6.45) is 3.95. The summed E-state index contributed by atoms with van der Waals surface area (Å²) in [5.74, 6) is 1.68. The van der Waals surface area contributed by atoms with Crippen molar-refractivity contribution in [2.75, 3.05) is 24.6 Å². The summed E-state index contributed by atoms with van der Waals surface area (Å²) in [6.45, 7) is 1.71. The number of rotatable bonds is 1. The molecule has 0 radical (unpaired) electrons. The average molecular weight is 242 g/mol. The molecule has 4 nitrogen and oxygen atoms in total. The number of thioether (sulfide) groups is 1. The molecule has 2 aliphatic rings. The van der Waals surface area contributed by atoms with Gasteiger partial charge in [-0.1, -0.05) is 0 Å². The van der Waals surface area contributed by atoms with Crippen molar-refractivity contribution in [2.24, 2.45) is 0 Å². The largest absolute Gasteiger partial charge is 0.343 e. The molecule has 1 atom stereocenters.